The zero-order valence-electron chi connectivity index (χ0n) is 36.6. The molecule has 58 heavy (non-hydrogen) atoms. The Kier molecular flexibility index (Phi) is 95.9. The van der Waals surface area contributed by atoms with Gasteiger partial charge in [-0.2, -0.15) is 0 Å². The molecule has 0 aliphatic heterocycles. The van der Waals surface area contributed by atoms with Crippen LogP contribution in [0.2, 0.25) is 0 Å². The van der Waals surface area contributed by atoms with Gasteiger partial charge in [-0.3, -0.25) is 0 Å². The van der Waals surface area contributed by atoms with Crippen LogP contribution in [0.15, 0.2) is 99.7 Å². The smallest absolute Gasteiger partial charge is 0.0114 e. The minimum absolute atomic E-state index is 0. The number of hydrogen-bond acceptors (Lipinski definition) is 0. The third-order valence-corrected chi connectivity index (χ3v) is 9.66. The molecule has 5 fully saturated rings. The quantitative estimate of drug-likeness (QED) is 0.244. The number of rotatable bonds is 2. The maximum absolute atomic E-state index is 4.02. The highest BCUT2D eigenvalue weighted by Gasteiger charge is 2.12. The molecule has 0 radical (unpaired) electrons. The Hall–Kier alpha value is -2.08. The lowest BCUT2D eigenvalue weighted by atomic mass is 9.93. The summed E-state index contributed by atoms with van der Waals surface area (Å²) in [7, 11) is 0. The van der Waals surface area contributed by atoms with Gasteiger partial charge in [-0.25, -0.2) is 0 Å². The molecule has 0 spiro atoms. The Morgan fingerprint density at radius 3 is 0.810 bits per heavy atom. The Morgan fingerprint density at radius 2 is 0.621 bits per heavy atom. The first kappa shape index (κ1) is 80.0. The van der Waals surface area contributed by atoms with Crippen molar-refractivity contribution in [2.24, 2.45) is 5.92 Å². The van der Waals surface area contributed by atoms with Crippen molar-refractivity contribution in [2.75, 3.05) is 0 Å². The second-order valence-electron chi connectivity index (χ2n) is 15.3. The van der Waals surface area contributed by atoms with Crippen LogP contribution in [0.5, 0.6) is 0 Å². The van der Waals surface area contributed by atoms with E-state index < -0.39 is 0 Å². The predicted octanol–water partition coefficient (Wildman–Crippen LogP) is 23.1. The van der Waals surface area contributed by atoms with Gasteiger partial charge in [0.1, 0.15) is 0 Å². The van der Waals surface area contributed by atoms with Gasteiger partial charge in [-0.1, -0.05) is 234 Å². The van der Waals surface area contributed by atoms with Gasteiger partial charge >= 0.3 is 0 Å². The molecule has 0 unspecified atom stereocenters. The third kappa shape index (κ3) is 71.6. The van der Waals surface area contributed by atoms with Crippen molar-refractivity contribution in [3.05, 3.63) is 99.7 Å². The van der Waals surface area contributed by atoms with Crippen LogP contribution in [0, 0.1) is 5.92 Å². The van der Waals surface area contributed by atoms with Crippen LogP contribution >= 0.6 is 0 Å². The van der Waals surface area contributed by atoms with Crippen molar-refractivity contribution in [1.82, 2.24) is 0 Å². The van der Waals surface area contributed by atoms with Gasteiger partial charge in [0.15, 0.2) is 0 Å². The molecule has 0 saturated heterocycles. The van der Waals surface area contributed by atoms with Gasteiger partial charge in [0.05, 0.1) is 0 Å². The van der Waals surface area contributed by atoms with Gasteiger partial charge in [-0.05, 0) is 103 Å². The molecule has 0 aromatic heterocycles. The molecule has 5 aliphatic carbocycles. The fourth-order valence-electron chi connectivity index (χ4n) is 6.83. The normalized spacial score (nSPS) is 17.0. The lowest BCUT2D eigenvalue weighted by Crippen LogP contribution is -1.94. The summed E-state index contributed by atoms with van der Waals surface area (Å²) in [5.41, 5.74) is 6.85. The van der Waals surface area contributed by atoms with E-state index in [0.717, 1.165) is 12.3 Å². The molecule has 0 bridgehead atoms. The second kappa shape index (κ2) is 69.5. The molecule has 352 valence electrons. The molecule has 0 atom stereocenters. The van der Waals surface area contributed by atoms with Crippen molar-refractivity contribution in [1.29, 1.82) is 0 Å². The summed E-state index contributed by atoms with van der Waals surface area (Å²) in [5, 5.41) is 0. The lowest BCUT2D eigenvalue weighted by Gasteiger charge is -2.13. The average Bonchev–Trinajstić information content (AvgIpc) is 3.62. The first-order valence-corrected chi connectivity index (χ1v) is 22.1. The fraction of sp³-hybridized carbons (Fsp3) is 0.724. The van der Waals surface area contributed by atoms with Crippen LogP contribution in [-0.2, 0) is 0 Å². The van der Waals surface area contributed by atoms with Crippen LogP contribution in [0.1, 0.15) is 271 Å². The molecule has 5 rings (SSSR count). The van der Waals surface area contributed by atoms with E-state index in [1.807, 2.05) is 27.7 Å². The van der Waals surface area contributed by atoms with Crippen molar-refractivity contribution >= 4 is 0 Å². The van der Waals surface area contributed by atoms with E-state index in [4.69, 9.17) is 0 Å². The highest BCUT2D eigenvalue weighted by Crippen LogP contribution is 2.27. The van der Waals surface area contributed by atoms with Crippen molar-refractivity contribution < 1.29 is 0 Å². The maximum atomic E-state index is 4.02. The predicted molar refractivity (Wildman–Crippen MR) is 288 cm³/mol. The van der Waals surface area contributed by atoms with Crippen LogP contribution in [-0.4, -0.2) is 0 Å². The summed E-state index contributed by atoms with van der Waals surface area (Å²) in [4.78, 5) is 0. The molecule has 0 heteroatoms. The van der Waals surface area contributed by atoms with E-state index in [1.165, 1.54) is 220 Å². The number of hydrogen-bond donors (Lipinski definition) is 0. The zero-order chi connectivity index (χ0) is 40.1. The van der Waals surface area contributed by atoms with Crippen molar-refractivity contribution in [3.63, 3.8) is 0 Å². The highest BCUT2D eigenvalue weighted by atomic mass is 14.2. The van der Waals surface area contributed by atoms with Gasteiger partial charge in [0.25, 0.3) is 0 Å². The molecule has 5 aliphatic rings. The topological polar surface area (TPSA) is 0 Å². The van der Waals surface area contributed by atoms with Crippen molar-refractivity contribution in [2.45, 2.75) is 271 Å². The Bertz CT molecular complexity index is 725. The lowest BCUT2D eigenvalue weighted by molar-refractivity contribution is 0.504. The SMILES string of the molecule is C.C.C.C.C.C.C1CCCCCCC1.C=C.C=C.C=C(C)C.C=C1CCCC(=C)C1.C=C1CCCCCCC1.C=C1CCCCCCC1.C=CCC1CCCC1.CC. The summed E-state index contributed by atoms with van der Waals surface area (Å²) in [5.74, 6) is 0.993. The van der Waals surface area contributed by atoms with E-state index >= 15 is 0 Å². The van der Waals surface area contributed by atoms with E-state index in [2.05, 4.69) is 71.9 Å². The van der Waals surface area contributed by atoms with Crippen LogP contribution in [0.4, 0.5) is 0 Å². The summed E-state index contributed by atoms with van der Waals surface area (Å²) >= 11 is 0. The summed E-state index contributed by atoms with van der Waals surface area (Å²) < 4.78 is 0. The average molecular weight is 818 g/mol. The third-order valence-electron chi connectivity index (χ3n) is 9.66. The summed E-state index contributed by atoms with van der Waals surface area (Å²) in [6.07, 6.45) is 45.3. The van der Waals surface area contributed by atoms with E-state index in [1.54, 1.807) is 0 Å². The molecule has 5 saturated carbocycles. The molecular weight excluding hydrogens is 697 g/mol. The Labute approximate surface area is 375 Å². The van der Waals surface area contributed by atoms with Crippen LogP contribution in [0.3, 0.4) is 0 Å². The fourth-order valence-corrected chi connectivity index (χ4v) is 6.83. The summed E-state index contributed by atoms with van der Waals surface area (Å²) in [6, 6.07) is 0. The minimum atomic E-state index is 0. The molecule has 0 amide bonds. The second-order valence-corrected chi connectivity index (χ2v) is 15.3. The maximum Gasteiger partial charge on any atom is -0.0114 e. The van der Waals surface area contributed by atoms with Gasteiger partial charge in [-0.15, -0.1) is 39.5 Å². The van der Waals surface area contributed by atoms with E-state index in [-0.39, 0.29) is 44.6 Å². The largest absolute Gasteiger partial charge is 0.106 e. The van der Waals surface area contributed by atoms with E-state index in [0.29, 0.717) is 0 Å². The first-order valence-electron chi connectivity index (χ1n) is 22.1. The molecule has 0 aromatic carbocycles. The molecule has 0 nitrogen and oxygen atoms in total. The molecule has 0 aromatic rings. The van der Waals surface area contributed by atoms with E-state index in [9.17, 15) is 0 Å². The van der Waals surface area contributed by atoms with Crippen LogP contribution < -0.4 is 0 Å². The number of allylic oxidation sites excluding steroid dienone is 6. The van der Waals surface area contributed by atoms with Gasteiger partial charge < -0.3 is 0 Å². The summed E-state index contributed by atoms with van der Waals surface area (Å²) in [6.45, 7) is 43.1. The minimum Gasteiger partial charge on any atom is -0.106 e. The molecule has 0 N–H and O–H groups in total. The van der Waals surface area contributed by atoms with Crippen molar-refractivity contribution in [3.8, 4) is 0 Å². The highest BCUT2D eigenvalue weighted by molar-refractivity contribution is 5.13. The molecule has 0 heterocycles. The zero-order valence-corrected chi connectivity index (χ0v) is 36.6. The van der Waals surface area contributed by atoms with Crippen LogP contribution in [0.25, 0.3) is 0 Å². The van der Waals surface area contributed by atoms with Gasteiger partial charge in [0.2, 0.25) is 0 Å². The Balaban J connectivity index is -0.0000000574. The molecular formula is C58H120. The standard InChI is InChI=1S/2C9H16.C8H12.C8H14.C8H16.C4H8.C2H6.2C2H4.6CH4/c2*1-9-7-5-3-2-4-6-8-9;1-7-4-3-5-8(2)6-7;1-2-5-8-6-3-4-7-8;1-2-4-6-8-7-5-3-1;1-4(2)3;3*1-2;;;;;;/h2*1-8H2;1-6H2;2,8H,1,3-7H2;1-8H2;1H2,2-3H3;1-2H3;2*1-2H2;6*1H4. The Morgan fingerprint density at radius 1 is 0.414 bits per heavy atom. The van der Waals surface area contributed by atoms with Gasteiger partial charge in [0, 0.05) is 0 Å². The first-order chi connectivity index (χ1) is 25.2. The monoisotopic (exact) mass is 817 g/mol.